The third-order valence-electron chi connectivity index (χ3n) is 7.86. The number of carbonyl (C=O) groups excluding carboxylic acids is 2. The summed E-state index contributed by atoms with van der Waals surface area (Å²) < 4.78 is 0. The van der Waals surface area contributed by atoms with Crippen molar-refractivity contribution in [1.82, 2.24) is 9.80 Å². The van der Waals surface area contributed by atoms with Crippen LogP contribution < -0.4 is 0 Å². The van der Waals surface area contributed by atoms with Crippen LogP contribution in [0.15, 0.2) is 24.3 Å². The fourth-order valence-corrected chi connectivity index (χ4v) is 5.39. The molecular weight excluding hydrogens is 412 g/mol. The van der Waals surface area contributed by atoms with E-state index in [9.17, 15) is 14.7 Å². The molecular formula is C25H37ClN2O3. The van der Waals surface area contributed by atoms with Gasteiger partial charge in [-0.3, -0.25) is 9.59 Å². The van der Waals surface area contributed by atoms with E-state index in [0.717, 1.165) is 31.2 Å². The lowest BCUT2D eigenvalue weighted by Crippen LogP contribution is -2.58. The standard InChI is InChI=1S/C25H37ClN2O3/c1-17(18(2)27(5)23(30)19-8-6-7-9-19)22(29)28-15-14-25(31,24(3,4)16-28)20-10-12-21(26)13-11-20/h10-13,17-19,31H,6-9,14-16H2,1-5H3/t17-,18?,25+/m1/s1. The van der Waals surface area contributed by atoms with Gasteiger partial charge in [-0.25, -0.2) is 0 Å². The van der Waals surface area contributed by atoms with Crippen LogP contribution in [0.1, 0.15) is 65.4 Å². The molecule has 2 amide bonds. The van der Waals surface area contributed by atoms with Crippen LogP contribution in [0.4, 0.5) is 0 Å². The third-order valence-corrected chi connectivity index (χ3v) is 8.11. The quantitative estimate of drug-likeness (QED) is 0.723. The normalized spacial score (nSPS) is 25.8. The van der Waals surface area contributed by atoms with Crippen LogP contribution >= 0.6 is 11.6 Å². The molecule has 1 unspecified atom stereocenters. The Hall–Kier alpha value is -1.59. The molecule has 1 saturated heterocycles. The van der Waals surface area contributed by atoms with Gasteiger partial charge in [-0.2, -0.15) is 0 Å². The monoisotopic (exact) mass is 448 g/mol. The molecule has 1 aromatic carbocycles. The molecule has 0 spiro atoms. The van der Waals surface area contributed by atoms with Gasteiger partial charge in [-0.1, -0.05) is 57.3 Å². The van der Waals surface area contributed by atoms with Gasteiger partial charge in [-0.15, -0.1) is 0 Å². The van der Waals surface area contributed by atoms with Crippen molar-refractivity contribution in [3.8, 4) is 0 Å². The lowest BCUT2D eigenvalue weighted by atomic mass is 9.66. The van der Waals surface area contributed by atoms with Crippen molar-refractivity contribution in [2.45, 2.75) is 71.4 Å². The molecule has 3 atom stereocenters. The maximum Gasteiger partial charge on any atom is 0.227 e. The topological polar surface area (TPSA) is 60.9 Å². The predicted octanol–water partition coefficient (Wildman–Crippen LogP) is 4.46. The van der Waals surface area contributed by atoms with Crippen molar-refractivity contribution in [1.29, 1.82) is 0 Å². The fourth-order valence-electron chi connectivity index (χ4n) is 5.26. The molecule has 5 nitrogen and oxygen atoms in total. The van der Waals surface area contributed by atoms with Gasteiger partial charge in [0.1, 0.15) is 0 Å². The van der Waals surface area contributed by atoms with Crippen LogP contribution in [-0.4, -0.2) is 52.9 Å². The molecule has 1 aliphatic heterocycles. The zero-order valence-electron chi connectivity index (χ0n) is 19.5. The first kappa shape index (κ1) is 24.1. The number of amides is 2. The highest BCUT2D eigenvalue weighted by atomic mass is 35.5. The Morgan fingerprint density at radius 3 is 2.29 bits per heavy atom. The van der Waals surface area contributed by atoms with E-state index in [1.807, 2.05) is 51.8 Å². The maximum absolute atomic E-state index is 13.4. The molecule has 0 bridgehead atoms. The largest absolute Gasteiger partial charge is 0.384 e. The second-order valence-electron chi connectivity index (χ2n) is 10.2. The molecule has 31 heavy (non-hydrogen) atoms. The Morgan fingerprint density at radius 1 is 1.16 bits per heavy atom. The smallest absolute Gasteiger partial charge is 0.227 e. The Kier molecular flexibility index (Phi) is 7.07. The first-order valence-electron chi connectivity index (χ1n) is 11.5. The molecule has 1 aliphatic carbocycles. The summed E-state index contributed by atoms with van der Waals surface area (Å²) in [5, 5.41) is 12.2. The van der Waals surface area contributed by atoms with Crippen LogP contribution in [0.5, 0.6) is 0 Å². The predicted molar refractivity (Wildman–Crippen MR) is 124 cm³/mol. The first-order valence-corrected chi connectivity index (χ1v) is 11.9. The van der Waals surface area contributed by atoms with Crippen LogP contribution in [0.2, 0.25) is 5.02 Å². The summed E-state index contributed by atoms with van der Waals surface area (Å²) in [6, 6.07) is 7.17. The molecule has 1 N–H and O–H groups in total. The molecule has 6 heteroatoms. The van der Waals surface area contributed by atoms with Crippen LogP contribution in [0, 0.1) is 17.3 Å². The SMILES string of the molecule is CC([C@@H](C)C(=O)N1CC[C@](O)(c2ccc(Cl)cc2)C(C)(C)C1)N(C)C(=O)C1CCCC1. The third kappa shape index (κ3) is 4.63. The maximum atomic E-state index is 13.4. The van der Waals surface area contributed by atoms with Crippen LogP contribution in [-0.2, 0) is 15.2 Å². The molecule has 2 aliphatic rings. The summed E-state index contributed by atoms with van der Waals surface area (Å²) in [5.41, 5.74) is -0.723. The van der Waals surface area contributed by atoms with Gasteiger partial charge in [0.2, 0.25) is 11.8 Å². The van der Waals surface area contributed by atoms with Crippen molar-refractivity contribution in [2.75, 3.05) is 20.1 Å². The summed E-state index contributed by atoms with van der Waals surface area (Å²) >= 11 is 6.02. The number of hydrogen-bond donors (Lipinski definition) is 1. The van der Waals surface area contributed by atoms with Crippen LogP contribution in [0.25, 0.3) is 0 Å². The van der Waals surface area contributed by atoms with Gasteiger partial charge in [0.05, 0.1) is 11.5 Å². The lowest BCUT2D eigenvalue weighted by Gasteiger charge is -2.51. The highest BCUT2D eigenvalue weighted by molar-refractivity contribution is 6.30. The number of hydrogen-bond acceptors (Lipinski definition) is 3. The summed E-state index contributed by atoms with van der Waals surface area (Å²) in [6.45, 7) is 8.84. The van der Waals surface area contributed by atoms with E-state index in [0.29, 0.717) is 24.5 Å². The van der Waals surface area contributed by atoms with E-state index in [1.165, 1.54) is 0 Å². The number of nitrogens with zero attached hydrogens (tertiary/aromatic N) is 2. The number of rotatable bonds is 5. The fraction of sp³-hybridized carbons (Fsp3) is 0.680. The summed E-state index contributed by atoms with van der Waals surface area (Å²) in [6.07, 6.45) is 4.62. The molecule has 0 radical (unpaired) electrons. The molecule has 1 saturated carbocycles. The zero-order chi connectivity index (χ0) is 23.0. The van der Waals surface area contributed by atoms with Gasteiger partial charge in [0, 0.05) is 42.5 Å². The van der Waals surface area contributed by atoms with Gasteiger partial charge in [-0.05, 0) is 43.9 Å². The van der Waals surface area contributed by atoms with Crippen molar-refractivity contribution < 1.29 is 14.7 Å². The molecule has 1 heterocycles. The second kappa shape index (κ2) is 9.11. The van der Waals surface area contributed by atoms with Crippen molar-refractivity contribution in [3.63, 3.8) is 0 Å². The molecule has 2 fully saturated rings. The van der Waals surface area contributed by atoms with E-state index < -0.39 is 11.0 Å². The molecule has 1 aromatic rings. The number of benzene rings is 1. The lowest BCUT2D eigenvalue weighted by molar-refractivity contribution is -0.158. The Labute approximate surface area is 191 Å². The number of piperidine rings is 1. The van der Waals surface area contributed by atoms with E-state index in [2.05, 4.69) is 0 Å². The Morgan fingerprint density at radius 2 is 1.74 bits per heavy atom. The molecule has 172 valence electrons. The zero-order valence-corrected chi connectivity index (χ0v) is 20.3. The summed E-state index contributed by atoms with van der Waals surface area (Å²) in [5.74, 6) is 0.0245. The van der Waals surface area contributed by atoms with Gasteiger partial charge < -0.3 is 14.9 Å². The van der Waals surface area contributed by atoms with E-state index in [1.54, 1.807) is 17.0 Å². The van der Waals surface area contributed by atoms with Crippen molar-refractivity contribution in [2.24, 2.45) is 17.3 Å². The number of aliphatic hydroxyl groups is 1. The Bertz CT molecular complexity index is 803. The van der Waals surface area contributed by atoms with E-state index in [-0.39, 0.29) is 29.7 Å². The molecule has 3 rings (SSSR count). The second-order valence-corrected chi connectivity index (χ2v) is 10.7. The van der Waals surface area contributed by atoms with E-state index >= 15 is 0 Å². The number of halogens is 1. The van der Waals surface area contributed by atoms with Crippen molar-refractivity contribution in [3.05, 3.63) is 34.9 Å². The average Bonchev–Trinajstić information content (AvgIpc) is 3.28. The minimum absolute atomic E-state index is 0.0461. The summed E-state index contributed by atoms with van der Waals surface area (Å²) in [7, 11) is 1.83. The van der Waals surface area contributed by atoms with Gasteiger partial charge in [0.15, 0.2) is 0 Å². The number of carbonyl (C=O) groups is 2. The van der Waals surface area contributed by atoms with Crippen molar-refractivity contribution >= 4 is 23.4 Å². The molecule has 0 aromatic heterocycles. The van der Waals surface area contributed by atoms with Crippen LogP contribution in [0.3, 0.4) is 0 Å². The Balaban J connectivity index is 1.68. The van der Waals surface area contributed by atoms with Gasteiger partial charge >= 0.3 is 0 Å². The minimum Gasteiger partial charge on any atom is -0.384 e. The highest BCUT2D eigenvalue weighted by Crippen LogP contribution is 2.46. The average molecular weight is 449 g/mol. The van der Waals surface area contributed by atoms with Gasteiger partial charge in [0.25, 0.3) is 0 Å². The minimum atomic E-state index is -1.03. The summed E-state index contributed by atoms with van der Waals surface area (Å²) in [4.78, 5) is 29.8. The number of likely N-dealkylation sites (tertiary alicyclic amines) is 1. The first-order chi connectivity index (χ1) is 14.5. The highest BCUT2D eigenvalue weighted by Gasteiger charge is 2.50. The van der Waals surface area contributed by atoms with E-state index in [4.69, 9.17) is 11.6 Å².